The van der Waals surface area contributed by atoms with E-state index in [1.807, 2.05) is 26.0 Å². The number of hydrogen-bond acceptors (Lipinski definition) is 2. The van der Waals surface area contributed by atoms with Gasteiger partial charge < -0.3 is 9.84 Å². The largest absolute Gasteiger partial charge is 0.508 e. The molecule has 0 saturated heterocycles. The molecular weight excluding hydrogens is 140 g/mol. The van der Waals surface area contributed by atoms with E-state index in [9.17, 15) is 5.11 Å². The highest BCUT2D eigenvalue weighted by Crippen LogP contribution is 2.22. The fourth-order valence-electron chi connectivity index (χ4n) is 0.846. The summed E-state index contributed by atoms with van der Waals surface area (Å²) in [6.45, 7) is 4.39. The number of benzene rings is 1. The molecule has 2 heteroatoms. The summed E-state index contributed by atoms with van der Waals surface area (Å²) in [7, 11) is 0. The van der Waals surface area contributed by atoms with Crippen LogP contribution in [-0.2, 0) is 0 Å². The summed E-state index contributed by atoms with van der Waals surface area (Å²) >= 11 is 0. The molecule has 0 spiro atoms. The van der Waals surface area contributed by atoms with Gasteiger partial charge in [-0.3, -0.25) is 0 Å². The Kier molecular flexibility index (Phi) is 2.36. The minimum absolute atomic E-state index is 0.288. The number of phenolic OH excluding ortho intramolecular Hbond substituents is 1. The van der Waals surface area contributed by atoms with Gasteiger partial charge in [-0.25, -0.2) is 0 Å². The fraction of sp³-hybridized carbons (Fsp3) is 0.333. The van der Waals surface area contributed by atoms with Crippen molar-refractivity contribution in [2.24, 2.45) is 0 Å². The maximum atomic E-state index is 9.25. The van der Waals surface area contributed by atoms with E-state index < -0.39 is 0 Å². The van der Waals surface area contributed by atoms with Crippen molar-refractivity contribution in [1.82, 2.24) is 0 Å². The third kappa shape index (κ3) is 1.87. The van der Waals surface area contributed by atoms with Crippen molar-refractivity contribution in [3.05, 3.63) is 23.8 Å². The molecule has 60 valence electrons. The molecule has 0 unspecified atom stereocenters. The molecule has 0 aliphatic rings. The number of rotatable bonds is 2. The molecule has 0 amide bonds. The van der Waals surface area contributed by atoms with Crippen LogP contribution >= 0.6 is 0 Å². The van der Waals surface area contributed by atoms with Gasteiger partial charge in [0.05, 0.1) is 6.61 Å². The molecule has 0 heterocycles. The molecule has 0 aliphatic heterocycles. The van der Waals surface area contributed by atoms with Gasteiger partial charge in [0.1, 0.15) is 11.5 Å². The highest BCUT2D eigenvalue weighted by atomic mass is 16.5. The molecule has 0 aromatic heterocycles. The Bertz CT molecular complexity index is 243. The second-order valence-electron chi connectivity index (χ2n) is 2.38. The van der Waals surface area contributed by atoms with Crippen molar-refractivity contribution < 1.29 is 9.84 Å². The highest BCUT2D eigenvalue weighted by molar-refractivity contribution is 5.38. The van der Waals surface area contributed by atoms with Gasteiger partial charge in [0.2, 0.25) is 0 Å². The van der Waals surface area contributed by atoms with E-state index in [1.54, 1.807) is 6.07 Å². The standard InChI is InChI=1S/C9H12O2/c1-3-11-8-5-4-7(2)9(10)6-8/h4-6,10H,3H2,1-2H3. The molecule has 11 heavy (non-hydrogen) atoms. The minimum Gasteiger partial charge on any atom is -0.508 e. The summed E-state index contributed by atoms with van der Waals surface area (Å²) in [6, 6.07) is 5.30. The van der Waals surface area contributed by atoms with Gasteiger partial charge in [0.25, 0.3) is 0 Å². The predicted octanol–water partition coefficient (Wildman–Crippen LogP) is 2.10. The molecular formula is C9H12O2. The van der Waals surface area contributed by atoms with Crippen molar-refractivity contribution in [1.29, 1.82) is 0 Å². The normalized spacial score (nSPS) is 9.64. The molecule has 1 rings (SSSR count). The molecule has 1 aromatic rings. The first-order valence-electron chi connectivity index (χ1n) is 3.66. The lowest BCUT2D eigenvalue weighted by molar-refractivity contribution is 0.337. The van der Waals surface area contributed by atoms with Crippen molar-refractivity contribution in [3.63, 3.8) is 0 Å². The zero-order valence-electron chi connectivity index (χ0n) is 6.79. The van der Waals surface area contributed by atoms with Crippen LogP contribution in [0.4, 0.5) is 0 Å². The Morgan fingerprint density at radius 2 is 2.18 bits per heavy atom. The lowest BCUT2D eigenvalue weighted by Crippen LogP contribution is -1.90. The van der Waals surface area contributed by atoms with Crippen LogP contribution in [0.5, 0.6) is 11.5 Å². The molecule has 1 aromatic carbocycles. The topological polar surface area (TPSA) is 29.5 Å². The highest BCUT2D eigenvalue weighted by Gasteiger charge is 1.96. The molecule has 0 bridgehead atoms. The lowest BCUT2D eigenvalue weighted by Gasteiger charge is -2.03. The minimum atomic E-state index is 0.288. The Morgan fingerprint density at radius 1 is 1.45 bits per heavy atom. The maximum absolute atomic E-state index is 9.25. The lowest BCUT2D eigenvalue weighted by atomic mass is 10.2. The number of ether oxygens (including phenoxy) is 1. The second-order valence-corrected chi connectivity index (χ2v) is 2.38. The summed E-state index contributed by atoms with van der Waals surface area (Å²) in [5.74, 6) is 1.01. The SMILES string of the molecule is CCOc1ccc(C)c(O)c1. The molecule has 0 saturated carbocycles. The molecule has 1 N–H and O–H groups in total. The van der Waals surface area contributed by atoms with E-state index in [0.29, 0.717) is 6.61 Å². The molecule has 0 radical (unpaired) electrons. The second kappa shape index (κ2) is 3.28. The van der Waals surface area contributed by atoms with Crippen molar-refractivity contribution in [2.75, 3.05) is 6.61 Å². The quantitative estimate of drug-likeness (QED) is 0.703. The van der Waals surface area contributed by atoms with Gasteiger partial charge >= 0.3 is 0 Å². The van der Waals surface area contributed by atoms with E-state index in [4.69, 9.17) is 4.74 Å². The first kappa shape index (κ1) is 7.92. The number of hydrogen-bond donors (Lipinski definition) is 1. The van der Waals surface area contributed by atoms with E-state index >= 15 is 0 Å². The average molecular weight is 152 g/mol. The Hall–Kier alpha value is -1.18. The number of aryl methyl sites for hydroxylation is 1. The predicted molar refractivity (Wildman–Crippen MR) is 44.0 cm³/mol. The van der Waals surface area contributed by atoms with Crippen molar-refractivity contribution in [2.45, 2.75) is 13.8 Å². The Labute approximate surface area is 66.4 Å². The van der Waals surface area contributed by atoms with Crippen LogP contribution in [0.15, 0.2) is 18.2 Å². The third-order valence-electron chi connectivity index (χ3n) is 1.49. The number of aromatic hydroxyl groups is 1. The van der Waals surface area contributed by atoms with Gasteiger partial charge in [-0.15, -0.1) is 0 Å². The Balaban J connectivity index is 2.86. The zero-order chi connectivity index (χ0) is 8.27. The van der Waals surface area contributed by atoms with Crippen LogP contribution in [-0.4, -0.2) is 11.7 Å². The van der Waals surface area contributed by atoms with Crippen LogP contribution in [0.1, 0.15) is 12.5 Å². The van der Waals surface area contributed by atoms with E-state index in [2.05, 4.69) is 0 Å². The van der Waals surface area contributed by atoms with Gasteiger partial charge in [0, 0.05) is 6.07 Å². The van der Waals surface area contributed by atoms with Crippen LogP contribution in [0, 0.1) is 6.92 Å². The summed E-state index contributed by atoms with van der Waals surface area (Å²) in [5.41, 5.74) is 0.869. The van der Waals surface area contributed by atoms with Crippen LogP contribution in [0.2, 0.25) is 0 Å². The first-order valence-corrected chi connectivity index (χ1v) is 3.66. The van der Waals surface area contributed by atoms with E-state index in [1.165, 1.54) is 0 Å². The fourth-order valence-corrected chi connectivity index (χ4v) is 0.846. The molecule has 0 fully saturated rings. The van der Waals surface area contributed by atoms with Crippen LogP contribution in [0.25, 0.3) is 0 Å². The summed E-state index contributed by atoms with van der Waals surface area (Å²) in [4.78, 5) is 0. The van der Waals surface area contributed by atoms with Gasteiger partial charge in [-0.05, 0) is 25.5 Å². The third-order valence-corrected chi connectivity index (χ3v) is 1.49. The maximum Gasteiger partial charge on any atom is 0.122 e. The number of phenols is 1. The Morgan fingerprint density at radius 3 is 2.73 bits per heavy atom. The van der Waals surface area contributed by atoms with Gasteiger partial charge in [0.15, 0.2) is 0 Å². The molecule has 0 atom stereocenters. The summed E-state index contributed by atoms with van der Waals surface area (Å²) in [6.07, 6.45) is 0. The monoisotopic (exact) mass is 152 g/mol. The van der Waals surface area contributed by atoms with Gasteiger partial charge in [-0.1, -0.05) is 6.07 Å². The summed E-state index contributed by atoms with van der Waals surface area (Å²) < 4.78 is 5.18. The van der Waals surface area contributed by atoms with Crippen molar-refractivity contribution in [3.8, 4) is 11.5 Å². The van der Waals surface area contributed by atoms with Crippen LogP contribution < -0.4 is 4.74 Å². The van der Waals surface area contributed by atoms with Gasteiger partial charge in [-0.2, -0.15) is 0 Å². The van der Waals surface area contributed by atoms with E-state index in [-0.39, 0.29) is 5.75 Å². The smallest absolute Gasteiger partial charge is 0.122 e. The summed E-state index contributed by atoms with van der Waals surface area (Å²) in [5, 5.41) is 9.25. The first-order chi connectivity index (χ1) is 5.24. The van der Waals surface area contributed by atoms with Crippen LogP contribution in [0.3, 0.4) is 0 Å². The molecule has 2 nitrogen and oxygen atoms in total. The average Bonchev–Trinajstić information content (AvgIpc) is 1.98. The van der Waals surface area contributed by atoms with E-state index in [0.717, 1.165) is 11.3 Å². The molecule has 0 aliphatic carbocycles. The zero-order valence-corrected chi connectivity index (χ0v) is 6.79. The van der Waals surface area contributed by atoms with Crippen molar-refractivity contribution >= 4 is 0 Å².